The van der Waals surface area contributed by atoms with Crippen LogP contribution in [0.2, 0.25) is 0 Å². The molecule has 7 nitrogen and oxygen atoms in total. The van der Waals surface area contributed by atoms with Gasteiger partial charge in [0.15, 0.2) is 0 Å². The van der Waals surface area contributed by atoms with E-state index in [9.17, 15) is 19.3 Å². The third kappa shape index (κ3) is 4.91. The van der Waals surface area contributed by atoms with Gasteiger partial charge in [-0.1, -0.05) is 42.5 Å². The molecule has 0 aliphatic rings. The summed E-state index contributed by atoms with van der Waals surface area (Å²) >= 11 is 0. The molecule has 1 N–H and O–H groups in total. The van der Waals surface area contributed by atoms with Gasteiger partial charge in [-0.15, -0.1) is 0 Å². The van der Waals surface area contributed by atoms with Crippen molar-refractivity contribution in [3.8, 4) is 11.5 Å². The normalized spacial score (nSPS) is 11.4. The van der Waals surface area contributed by atoms with Crippen LogP contribution in [0.25, 0.3) is 0 Å². The number of rotatable bonds is 8. The Balaban J connectivity index is 1.96. The van der Waals surface area contributed by atoms with Gasteiger partial charge in [0.25, 0.3) is 5.91 Å². The first-order valence-electron chi connectivity index (χ1n) is 9.18. The van der Waals surface area contributed by atoms with Gasteiger partial charge in [0, 0.05) is 17.7 Å². The molecule has 0 unspecified atom stereocenters. The van der Waals surface area contributed by atoms with Crippen LogP contribution in [0.3, 0.4) is 0 Å². The standard InChI is InChI=1S/C22H19FN2O5/c1-2-29-19-11-7-6-10-17(19)24-22(26)21(15-8-4-3-5-9-15)30-20-14-16(23)12-13-18(20)25(27)28/h3-14,21H,2H2,1H3,(H,24,26)/t21-/m0/s1. The van der Waals surface area contributed by atoms with E-state index in [2.05, 4.69) is 5.32 Å². The van der Waals surface area contributed by atoms with Crippen molar-refractivity contribution in [2.24, 2.45) is 0 Å². The number of carbonyl (C=O) groups is 1. The SMILES string of the molecule is CCOc1ccccc1NC(=O)[C@@H](Oc1cc(F)ccc1[N+](=O)[O-])c1ccccc1. The van der Waals surface area contributed by atoms with Gasteiger partial charge in [0.2, 0.25) is 11.9 Å². The summed E-state index contributed by atoms with van der Waals surface area (Å²) in [6.07, 6.45) is -1.26. The van der Waals surface area contributed by atoms with E-state index < -0.39 is 28.4 Å². The van der Waals surface area contributed by atoms with Gasteiger partial charge in [-0.2, -0.15) is 0 Å². The first kappa shape index (κ1) is 20.8. The average Bonchev–Trinajstić information content (AvgIpc) is 2.74. The zero-order valence-electron chi connectivity index (χ0n) is 16.1. The Morgan fingerprint density at radius 3 is 2.47 bits per heavy atom. The number of nitro groups is 1. The molecule has 154 valence electrons. The number of benzene rings is 3. The summed E-state index contributed by atoms with van der Waals surface area (Å²) in [5.74, 6) is -1.18. The van der Waals surface area contributed by atoms with Crippen molar-refractivity contribution in [2.75, 3.05) is 11.9 Å². The number of nitrogens with zero attached hydrogens (tertiary/aromatic N) is 1. The quantitative estimate of drug-likeness (QED) is 0.422. The highest BCUT2D eigenvalue weighted by molar-refractivity contribution is 5.96. The third-order valence-corrected chi connectivity index (χ3v) is 4.15. The average molecular weight is 410 g/mol. The number of anilines is 1. The molecule has 0 saturated carbocycles. The van der Waals surface area contributed by atoms with Gasteiger partial charge in [0.05, 0.1) is 17.2 Å². The maximum Gasteiger partial charge on any atom is 0.311 e. The summed E-state index contributed by atoms with van der Waals surface area (Å²) in [5, 5.41) is 14.0. The van der Waals surface area contributed by atoms with E-state index >= 15 is 0 Å². The minimum absolute atomic E-state index is 0.345. The molecule has 3 aromatic rings. The molecule has 0 aliphatic carbocycles. The highest BCUT2D eigenvalue weighted by Gasteiger charge is 2.27. The first-order chi connectivity index (χ1) is 14.5. The van der Waals surface area contributed by atoms with Crippen molar-refractivity contribution in [1.29, 1.82) is 0 Å². The summed E-state index contributed by atoms with van der Waals surface area (Å²) < 4.78 is 24.9. The molecule has 0 heterocycles. The van der Waals surface area contributed by atoms with Crippen LogP contribution in [0.5, 0.6) is 11.5 Å². The second-order valence-corrected chi connectivity index (χ2v) is 6.20. The molecule has 1 amide bonds. The molecular weight excluding hydrogens is 391 g/mol. The van der Waals surface area contributed by atoms with Gasteiger partial charge >= 0.3 is 5.69 Å². The van der Waals surface area contributed by atoms with Crippen LogP contribution in [0.1, 0.15) is 18.6 Å². The van der Waals surface area contributed by atoms with Crippen LogP contribution in [-0.4, -0.2) is 17.4 Å². The molecule has 3 aromatic carbocycles. The number of nitrogens with one attached hydrogen (secondary N) is 1. The lowest BCUT2D eigenvalue weighted by molar-refractivity contribution is -0.386. The molecule has 0 spiro atoms. The minimum Gasteiger partial charge on any atom is -0.492 e. The minimum atomic E-state index is -1.26. The molecule has 0 saturated heterocycles. The Kier molecular flexibility index (Phi) is 6.59. The van der Waals surface area contributed by atoms with Crippen LogP contribution < -0.4 is 14.8 Å². The van der Waals surface area contributed by atoms with E-state index in [0.29, 0.717) is 23.6 Å². The summed E-state index contributed by atoms with van der Waals surface area (Å²) in [5.41, 5.74) is 0.421. The molecule has 0 fully saturated rings. The fourth-order valence-corrected chi connectivity index (χ4v) is 2.81. The molecule has 0 bridgehead atoms. The molecule has 0 aliphatic heterocycles. The fraction of sp³-hybridized carbons (Fsp3) is 0.136. The van der Waals surface area contributed by atoms with Crippen molar-refractivity contribution >= 4 is 17.3 Å². The number of hydrogen-bond acceptors (Lipinski definition) is 5. The van der Waals surface area contributed by atoms with Crippen LogP contribution in [0, 0.1) is 15.9 Å². The molecular formula is C22H19FN2O5. The van der Waals surface area contributed by atoms with Gasteiger partial charge in [-0.3, -0.25) is 14.9 Å². The molecule has 1 atom stereocenters. The maximum absolute atomic E-state index is 13.7. The smallest absolute Gasteiger partial charge is 0.311 e. The zero-order chi connectivity index (χ0) is 21.5. The second-order valence-electron chi connectivity index (χ2n) is 6.20. The molecule has 3 rings (SSSR count). The van der Waals surface area contributed by atoms with E-state index in [4.69, 9.17) is 9.47 Å². The third-order valence-electron chi connectivity index (χ3n) is 4.15. The predicted octanol–water partition coefficient (Wildman–Crippen LogP) is 4.89. The van der Waals surface area contributed by atoms with Crippen LogP contribution in [-0.2, 0) is 4.79 Å². The molecule has 0 radical (unpaired) electrons. The lowest BCUT2D eigenvalue weighted by Crippen LogP contribution is -2.26. The van der Waals surface area contributed by atoms with Gasteiger partial charge in [-0.05, 0) is 25.1 Å². The number of nitro benzene ring substituents is 1. The molecule has 30 heavy (non-hydrogen) atoms. The van der Waals surface area contributed by atoms with Crippen molar-refractivity contribution in [3.63, 3.8) is 0 Å². The topological polar surface area (TPSA) is 90.7 Å². The van der Waals surface area contributed by atoms with Gasteiger partial charge < -0.3 is 14.8 Å². The lowest BCUT2D eigenvalue weighted by Gasteiger charge is -2.20. The van der Waals surface area contributed by atoms with Crippen LogP contribution >= 0.6 is 0 Å². The Labute approximate surface area is 172 Å². The van der Waals surface area contributed by atoms with E-state index in [0.717, 1.165) is 18.2 Å². The molecule has 0 aromatic heterocycles. The number of amides is 1. The number of carbonyl (C=O) groups excluding carboxylic acids is 1. The van der Waals surface area contributed by atoms with Crippen LogP contribution in [0.15, 0.2) is 72.8 Å². The Morgan fingerprint density at radius 1 is 1.07 bits per heavy atom. The Morgan fingerprint density at radius 2 is 1.77 bits per heavy atom. The number of hydrogen-bond donors (Lipinski definition) is 1. The predicted molar refractivity (Wildman–Crippen MR) is 109 cm³/mol. The zero-order valence-corrected chi connectivity index (χ0v) is 16.1. The van der Waals surface area contributed by atoms with Gasteiger partial charge in [-0.25, -0.2) is 4.39 Å². The molecule has 8 heteroatoms. The number of halogens is 1. The summed E-state index contributed by atoms with van der Waals surface area (Å²) in [6, 6.07) is 18.1. The monoisotopic (exact) mass is 410 g/mol. The number of ether oxygens (including phenoxy) is 2. The maximum atomic E-state index is 13.7. The van der Waals surface area contributed by atoms with Gasteiger partial charge in [0.1, 0.15) is 11.6 Å². The lowest BCUT2D eigenvalue weighted by atomic mass is 10.1. The van der Waals surface area contributed by atoms with E-state index in [1.165, 1.54) is 0 Å². The summed E-state index contributed by atoms with van der Waals surface area (Å²) in [6.45, 7) is 2.22. The Hall–Kier alpha value is -3.94. The van der Waals surface area contributed by atoms with E-state index in [-0.39, 0.29) is 5.75 Å². The second kappa shape index (κ2) is 9.51. The van der Waals surface area contributed by atoms with Crippen LogP contribution in [0.4, 0.5) is 15.8 Å². The fourth-order valence-electron chi connectivity index (χ4n) is 2.81. The van der Waals surface area contributed by atoms with E-state index in [1.54, 1.807) is 54.6 Å². The first-order valence-corrected chi connectivity index (χ1v) is 9.18. The Bertz CT molecular complexity index is 1040. The highest BCUT2D eigenvalue weighted by Crippen LogP contribution is 2.33. The highest BCUT2D eigenvalue weighted by atomic mass is 19.1. The van der Waals surface area contributed by atoms with Crippen molar-refractivity contribution in [3.05, 3.63) is 94.3 Å². The van der Waals surface area contributed by atoms with Crippen molar-refractivity contribution in [2.45, 2.75) is 13.0 Å². The summed E-state index contributed by atoms with van der Waals surface area (Å²) in [4.78, 5) is 23.7. The van der Waals surface area contributed by atoms with Crippen molar-refractivity contribution < 1.29 is 23.6 Å². The summed E-state index contributed by atoms with van der Waals surface area (Å²) in [7, 11) is 0. The number of para-hydroxylation sites is 2. The van der Waals surface area contributed by atoms with Crippen molar-refractivity contribution in [1.82, 2.24) is 0 Å². The largest absolute Gasteiger partial charge is 0.492 e. The van der Waals surface area contributed by atoms with E-state index in [1.807, 2.05) is 6.92 Å².